The van der Waals surface area contributed by atoms with Crippen LogP contribution < -0.4 is 5.32 Å². The summed E-state index contributed by atoms with van der Waals surface area (Å²) in [7, 11) is 0. The number of nitrogens with zero attached hydrogens (tertiary/aromatic N) is 1. The Kier molecular flexibility index (Phi) is 9.92. The molecule has 0 fully saturated rings. The highest BCUT2D eigenvalue weighted by Crippen LogP contribution is 2.00. The van der Waals surface area contributed by atoms with E-state index in [1.807, 2.05) is 13.8 Å². The van der Waals surface area contributed by atoms with Crippen LogP contribution in [0.1, 0.15) is 47.0 Å². The number of ether oxygens (including phenoxy) is 1. The van der Waals surface area contributed by atoms with Gasteiger partial charge in [0.2, 0.25) is 0 Å². The Bertz CT molecular complexity index is 194. The molecule has 0 spiro atoms. The lowest BCUT2D eigenvalue weighted by Crippen LogP contribution is -2.34. The third kappa shape index (κ3) is 8.98. The Hall–Kier alpha value is -0.770. The quantitative estimate of drug-likeness (QED) is 0.678. The molecule has 1 amide bonds. The van der Waals surface area contributed by atoms with Gasteiger partial charge in [0.05, 0.1) is 6.61 Å². The molecular formula is C13H28N2O2. The van der Waals surface area contributed by atoms with E-state index in [0.717, 1.165) is 38.9 Å². The summed E-state index contributed by atoms with van der Waals surface area (Å²) in [6.07, 6.45) is 2.68. The number of amides is 1. The summed E-state index contributed by atoms with van der Waals surface area (Å²) in [6.45, 7) is 12.1. The number of hydrogen-bond acceptors (Lipinski definition) is 3. The second kappa shape index (κ2) is 10.4. The van der Waals surface area contributed by atoms with Gasteiger partial charge >= 0.3 is 6.09 Å². The molecule has 0 heterocycles. The van der Waals surface area contributed by atoms with Crippen molar-refractivity contribution in [2.75, 3.05) is 26.2 Å². The SMILES string of the molecule is CCCOC(=O)N[C@H](C)CCCN(CC)CC. The second-order valence-electron chi connectivity index (χ2n) is 4.35. The van der Waals surface area contributed by atoms with Crippen molar-refractivity contribution < 1.29 is 9.53 Å². The Balaban J connectivity index is 3.58. The average molecular weight is 244 g/mol. The van der Waals surface area contributed by atoms with Crippen LogP contribution in [0.2, 0.25) is 0 Å². The van der Waals surface area contributed by atoms with Gasteiger partial charge in [-0.15, -0.1) is 0 Å². The van der Waals surface area contributed by atoms with Crippen LogP contribution >= 0.6 is 0 Å². The largest absolute Gasteiger partial charge is 0.450 e. The molecule has 1 atom stereocenters. The molecule has 0 aromatic heterocycles. The van der Waals surface area contributed by atoms with E-state index in [1.54, 1.807) is 0 Å². The van der Waals surface area contributed by atoms with Crippen LogP contribution in [0.5, 0.6) is 0 Å². The third-order valence-corrected chi connectivity index (χ3v) is 2.81. The molecule has 0 aliphatic heterocycles. The summed E-state index contributed by atoms with van der Waals surface area (Å²) in [6, 6.07) is 0.190. The fraction of sp³-hybridized carbons (Fsp3) is 0.923. The lowest BCUT2D eigenvalue weighted by Gasteiger charge is -2.19. The van der Waals surface area contributed by atoms with Crippen molar-refractivity contribution in [1.29, 1.82) is 0 Å². The van der Waals surface area contributed by atoms with Crippen LogP contribution in [0.15, 0.2) is 0 Å². The monoisotopic (exact) mass is 244 g/mol. The summed E-state index contributed by atoms with van der Waals surface area (Å²) < 4.78 is 4.97. The molecule has 0 aromatic rings. The van der Waals surface area contributed by atoms with Crippen molar-refractivity contribution in [2.45, 2.75) is 53.0 Å². The van der Waals surface area contributed by atoms with Crippen LogP contribution in [0.4, 0.5) is 4.79 Å². The topological polar surface area (TPSA) is 41.6 Å². The van der Waals surface area contributed by atoms with Crippen molar-refractivity contribution in [3.8, 4) is 0 Å². The molecule has 0 saturated carbocycles. The zero-order valence-electron chi connectivity index (χ0n) is 11.8. The summed E-state index contributed by atoms with van der Waals surface area (Å²) in [5.74, 6) is 0. The Morgan fingerprint density at radius 1 is 1.29 bits per heavy atom. The number of carbonyl (C=O) groups is 1. The van der Waals surface area contributed by atoms with Crippen molar-refractivity contribution in [3.63, 3.8) is 0 Å². The van der Waals surface area contributed by atoms with Crippen LogP contribution in [0.25, 0.3) is 0 Å². The first-order valence-electron chi connectivity index (χ1n) is 6.79. The molecule has 0 bridgehead atoms. The van der Waals surface area contributed by atoms with Crippen molar-refractivity contribution in [3.05, 3.63) is 0 Å². The summed E-state index contributed by atoms with van der Waals surface area (Å²) in [5.41, 5.74) is 0. The van der Waals surface area contributed by atoms with Crippen LogP contribution in [0, 0.1) is 0 Å². The molecule has 0 aliphatic carbocycles. The minimum Gasteiger partial charge on any atom is -0.450 e. The highest BCUT2D eigenvalue weighted by Gasteiger charge is 2.08. The molecule has 0 unspecified atom stereocenters. The van der Waals surface area contributed by atoms with Gasteiger partial charge in [-0.05, 0) is 45.8 Å². The van der Waals surface area contributed by atoms with Gasteiger partial charge in [-0.2, -0.15) is 0 Å². The predicted octanol–water partition coefficient (Wildman–Crippen LogP) is 2.63. The first-order valence-corrected chi connectivity index (χ1v) is 6.79. The molecule has 0 radical (unpaired) electrons. The summed E-state index contributed by atoms with van der Waals surface area (Å²) in [4.78, 5) is 13.7. The van der Waals surface area contributed by atoms with Gasteiger partial charge in [0, 0.05) is 6.04 Å². The van der Waals surface area contributed by atoms with E-state index in [9.17, 15) is 4.79 Å². The van der Waals surface area contributed by atoms with E-state index >= 15 is 0 Å². The van der Waals surface area contributed by atoms with Gasteiger partial charge in [0.25, 0.3) is 0 Å². The lowest BCUT2D eigenvalue weighted by atomic mass is 10.2. The fourth-order valence-electron chi connectivity index (χ4n) is 1.67. The first-order chi connectivity index (χ1) is 8.13. The van der Waals surface area contributed by atoms with Crippen LogP contribution in [0.3, 0.4) is 0 Å². The number of carbonyl (C=O) groups excluding carboxylic acids is 1. The molecule has 0 aliphatic rings. The fourth-order valence-corrected chi connectivity index (χ4v) is 1.67. The molecule has 4 nitrogen and oxygen atoms in total. The highest BCUT2D eigenvalue weighted by molar-refractivity contribution is 5.67. The Morgan fingerprint density at radius 3 is 2.47 bits per heavy atom. The summed E-state index contributed by atoms with van der Waals surface area (Å²) >= 11 is 0. The van der Waals surface area contributed by atoms with Gasteiger partial charge in [-0.3, -0.25) is 0 Å². The highest BCUT2D eigenvalue weighted by atomic mass is 16.5. The Morgan fingerprint density at radius 2 is 1.94 bits per heavy atom. The van der Waals surface area contributed by atoms with E-state index in [-0.39, 0.29) is 12.1 Å². The third-order valence-electron chi connectivity index (χ3n) is 2.81. The number of alkyl carbamates (subject to hydrolysis) is 1. The van der Waals surface area contributed by atoms with Gasteiger partial charge in [0.15, 0.2) is 0 Å². The normalized spacial score (nSPS) is 12.5. The molecule has 102 valence electrons. The van der Waals surface area contributed by atoms with Gasteiger partial charge in [0.1, 0.15) is 0 Å². The number of hydrogen-bond donors (Lipinski definition) is 1. The number of nitrogens with one attached hydrogen (secondary N) is 1. The van der Waals surface area contributed by atoms with Crippen molar-refractivity contribution in [1.82, 2.24) is 10.2 Å². The average Bonchev–Trinajstić information content (AvgIpc) is 2.32. The minimum atomic E-state index is -0.290. The van der Waals surface area contributed by atoms with E-state index in [0.29, 0.717) is 6.61 Å². The molecule has 1 N–H and O–H groups in total. The molecule has 0 aromatic carbocycles. The second-order valence-corrected chi connectivity index (χ2v) is 4.35. The van der Waals surface area contributed by atoms with Crippen molar-refractivity contribution in [2.24, 2.45) is 0 Å². The van der Waals surface area contributed by atoms with E-state index in [4.69, 9.17) is 4.74 Å². The van der Waals surface area contributed by atoms with Gasteiger partial charge in [-0.1, -0.05) is 20.8 Å². The maximum Gasteiger partial charge on any atom is 0.407 e. The van der Waals surface area contributed by atoms with Crippen LogP contribution in [-0.2, 0) is 4.74 Å². The smallest absolute Gasteiger partial charge is 0.407 e. The molecule has 17 heavy (non-hydrogen) atoms. The van der Waals surface area contributed by atoms with Gasteiger partial charge in [-0.25, -0.2) is 4.79 Å². The minimum absolute atomic E-state index is 0.190. The van der Waals surface area contributed by atoms with Crippen LogP contribution in [-0.4, -0.2) is 43.3 Å². The summed E-state index contributed by atoms with van der Waals surface area (Å²) in [5, 5.41) is 2.84. The van der Waals surface area contributed by atoms with E-state index in [1.165, 1.54) is 0 Å². The predicted molar refractivity (Wildman–Crippen MR) is 71.3 cm³/mol. The zero-order chi connectivity index (χ0) is 13.1. The maximum atomic E-state index is 11.3. The van der Waals surface area contributed by atoms with E-state index < -0.39 is 0 Å². The van der Waals surface area contributed by atoms with Gasteiger partial charge < -0.3 is 15.0 Å². The maximum absolute atomic E-state index is 11.3. The molecule has 4 heteroatoms. The molecule has 0 saturated heterocycles. The first kappa shape index (κ1) is 16.2. The molecular weight excluding hydrogens is 216 g/mol. The van der Waals surface area contributed by atoms with E-state index in [2.05, 4.69) is 24.1 Å². The molecule has 0 rings (SSSR count). The number of rotatable bonds is 9. The zero-order valence-corrected chi connectivity index (χ0v) is 11.8. The lowest BCUT2D eigenvalue weighted by molar-refractivity contribution is 0.142. The van der Waals surface area contributed by atoms with Crippen molar-refractivity contribution >= 4 is 6.09 Å². The standard InChI is InChI=1S/C13H28N2O2/c1-5-11-17-13(16)14-12(4)9-8-10-15(6-2)7-3/h12H,5-11H2,1-4H3,(H,14,16)/t12-/m1/s1. The Labute approximate surface area is 106 Å².